The standard InChI is InChI=1S/C34H27F5N2O5/c1-41-27-12-4-3-8-23(27)30(34(37,38)39)28(32(41)43)22-11-6-9-20-19(7-5-10-21(20)22)17-26(33(44)45)40-31(42)29-24(35)15-18(13-14-46-2)16-25(29)36/h3-12,15-16,26H,13-14,17H2,1-2H3,(H,40,42)(H,44,45)/t26-/m0/s1. The molecular formula is C34H27F5N2O5. The van der Waals surface area contributed by atoms with Crippen molar-refractivity contribution in [1.29, 1.82) is 0 Å². The molecule has 4 aromatic carbocycles. The Bertz CT molecular complexity index is 2030. The number of fused-ring (bicyclic) bond motifs is 2. The fourth-order valence-electron chi connectivity index (χ4n) is 5.67. The first-order chi connectivity index (χ1) is 21.8. The molecule has 1 amide bonds. The van der Waals surface area contributed by atoms with Gasteiger partial charge in [-0.3, -0.25) is 9.59 Å². The van der Waals surface area contributed by atoms with Crippen molar-refractivity contribution in [2.24, 2.45) is 7.05 Å². The van der Waals surface area contributed by atoms with Crippen LogP contribution in [0, 0.1) is 11.6 Å². The van der Waals surface area contributed by atoms with E-state index in [0.717, 1.165) is 16.7 Å². The van der Waals surface area contributed by atoms with Gasteiger partial charge in [0.05, 0.1) is 23.3 Å². The summed E-state index contributed by atoms with van der Waals surface area (Å²) in [5.41, 5.74) is -2.89. The van der Waals surface area contributed by atoms with E-state index >= 15 is 0 Å². The number of carboxylic acid groups (broad SMARTS) is 1. The highest BCUT2D eigenvalue weighted by Gasteiger charge is 2.38. The number of aromatic nitrogens is 1. The molecule has 0 aliphatic heterocycles. The van der Waals surface area contributed by atoms with E-state index in [-0.39, 0.29) is 46.9 Å². The molecule has 0 spiro atoms. The van der Waals surface area contributed by atoms with Gasteiger partial charge in [-0.2, -0.15) is 13.2 Å². The first kappa shape index (κ1) is 32.3. The summed E-state index contributed by atoms with van der Waals surface area (Å²) >= 11 is 0. The highest BCUT2D eigenvalue weighted by molar-refractivity contribution is 6.02. The van der Waals surface area contributed by atoms with E-state index in [0.29, 0.717) is 10.9 Å². The topological polar surface area (TPSA) is 97.6 Å². The molecule has 46 heavy (non-hydrogen) atoms. The lowest BCUT2D eigenvalue weighted by Crippen LogP contribution is -2.43. The summed E-state index contributed by atoms with van der Waals surface area (Å²) in [4.78, 5) is 38.6. The monoisotopic (exact) mass is 638 g/mol. The molecule has 0 saturated carbocycles. The van der Waals surface area contributed by atoms with Crippen LogP contribution in [0.15, 0.2) is 77.6 Å². The van der Waals surface area contributed by atoms with Gasteiger partial charge in [-0.25, -0.2) is 13.6 Å². The van der Waals surface area contributed by atoms with Crippen LogP contribution in [-0.4, -0.2) is 41.3 Å². The molecule has 5 aromatic rings. The largest absolute Gasteiger partial charge is 0.480 e. The number of methoxy groups -OCH3 is 1. The third-order valence-corrected chi connectivity index (χ3v) is 7.82. The lowest BCUT2D eigenvalue weighted by Gasteiger charge is -2.20. The fourth-order valence-corrected chi connectivity index (χ4v) is 5.67. The number of benzene rings is 4. The van der Waals surface area contributed by atoms with E-state index in [4.69, 9.17) is 4.74 Å². The minimum absolute atomic E-state index is 0.0216. The Hall–Kier alpha value is -5.10. The predicted octanol–water partition coefficient (Wildman–Crippen LogP) is 6.27. The van der Waals surface area contributed by atoms with E-state index < -0.39 is 58.0 Å². The highest BCUT2D eigenvalue weighted by atomic mass is 19.4. The molecule has 1 aromatic heterocycles. The van der Waals surface area contributed by atoms with E-state index in [1.165, 1.54) is 68.8 Å². The number of amides is 1. The number of aryl methyl sites for hydroxylation is 1. The zero-order valence-electron chi connectivity index (χ0n) is 24.5. The van der Waals surface area contributed by atoms with Gasteiger partial charge < -0.3 is 19.7 Å². The quantitative estimate of drug-likeness (QED) is 0.186. The molecule has 0 fully saturated rings. The maximum absolute atomic E-state index is 14.8. The van der Waals surface area contributed by atoms with Crippen LogP contribution in [0.5, 0.6) is 0 Å². The zero-order chi connectivity index (χ0) is 33.3. The Morgan fingerprint density at radius 2 is 1.57 bits per heavy atom. The number of para-hydroxylation sites is 1. The van der Waals surface area contributed by atoms with Gasteiger partial charge in [-0.15, -0.1) is 0 Å². The van der Waals surface area contributed by atoms with Crippen molar-refractivity contribution in [1.82, 2.24) is 9.88 Å². The summed E-state index contributed by atoms with van der Waals surface area (Å²) in [6.45, 7) is 0.186. The molecular weight excluding hydrogens is 611 g/mol. The minimum atomic E-state index is -4.90. The summed E-state index contributed by atoms with van der Waals surface area (Å²) < 4.78 is 79.3. The number of ether oxygens (including phenoxy) is 1. The van der Waals surface area contributed by atoms with Gasteiger partial charge >= 0.3 is 12.1 Å². The van der Waals surface area contributed by atoms with Crippen molar-refractivity contribution in [3.05, 3.63) is 117 Å². The number of pyridine rings is 1. The van der Waals surface area contributed by atoms with Gasteiger partial charge in [0.1, 0.15) is 23.2 Å². The van der Waals surface area contributed by atoms with Crippen molar-refractivity contribution in [2.75, 3.05) is 13.7 Å². The lowest BCUT2D eigenvalue weighted by molar-refractivity contribution is -0.139. The van der Waals surface area contributed by atoms with Crippen LogP contribution in [0.3, 0.4) is 0 Å². The summed E-state index contributed by atoms with van der Waals surface area (Å²) in [7, 11) is 2.80. The van der Waals surface area contributed by atoms with Gasteiger partial charge in [0.15, 0.2) is 0 Å². The number of rotatable bonds is 9. The number of hydrogen-bond acceptors (Lipinski definition) is 4. The third kappa shape index (κ3) is 6.08. The SMILES string of the molecule is COCCc1cc(F)c(C(=O)N[C@@H](Cc2cccc3c(-c4c(C(F)(F)F)c5ccccc5n(C)c4=O)cccc23)C(=O)O)c(F)c1. The second-order valence-corrected chi connectivity index (χ2v) is 10.7. The second-order valence-electron chi connectivity index (χ2n) is 10.7. The Morgan fingerprint density at radius 3 is 2.22 bits per heavy atom. The number of carboxylic acids is 1. The predicted molar refractivity (Wildman–Crippen MR) is 162 cm³/mol. The first-order valence-electron chi connectivity index (χ1n) is 14.0. The van der Waals surface area contributed by atoms with Crippen LogP contribution in [0.4, 0.5) is 22.0 Å². The zero-order valence-corrected chi connectivity index (χ0v) is 24.5. The molecule has 0 unspecified atom stereocenters. The van der Waals surface area contributed by atoms with Crippen molar-refractivity contribution < 1.29 is 41.4 Å². The maximum atomic E-state index is 14.8. The summed E-state index contributed by atoms with van der Waals surface area (Å²) in [6, 6.07) is 14.8. The van der Waals surface area contributed by atoms with Crippen LogP contribution >= 0.6 is 0 Å². The van der Waals surface area contributed by atoms with E-state index in [9.17, 15) is 41.4 Å². The normalized spacial score (nSPS) is 12.4. The van der Waals surface area contributed by atoms with Crippen LogP contribution in [0.25, 0.3) is 32.8 Å². The van der Waals surface area contributed by atoms with Gasteiger partial charge in [-0.1, -0.05) is 54.6 Å². The highest BCUT2D eigenvalue weighted by Crippen LogP contribution is 2.42. The number of alkyl halides is 3. The summed E-state index contributed by atoms with van der Waals surface area (Å²) in [5, 5.41) is 12.5. The van der Waals surface area contributed by atoms with Crippen molar-refractivity contribution >= 4 is 33.6 Å². The average molecular weight is 639 g/mol. The molecule has 0 aliphatic rings. The van der Waals surface area contributed by atoms with Gasteiger partial charge in [0, 0.05) is 26.0 Å². The molecule has 1 atom stereocenters. The number of nitrogens with one attached hydrogen (secondary N) is 1. The summed E-state index contributed by atoms with van der Waals surface area (Å²) in [5.74, 6) is -5.17. The molecule has 0 aliphatic carbocycles. The fraction of sp³-hybridized carbons (Fsp3) is 0.206. The molecule has 5 rings (SSSR count). The molecule has 0 bridgehead atoms. The van der Waals surface area contributed by atoms with Crippen LogP contribution < -0.4 is 10.9 Å². The molecule has 2 N–H and O–H groups in total. The first-order valence-corrected chi connectivity index (χ1v) is 14.0. The summed E-state index contributed by atoms with van der Waals surface area (Å²) in [6.07, 6.45) is -5.10. The number of carbonyl (C=O) groups is 2. The lowest BCUT2D eigenvalue weighted by atomic mass is 9.90. The van der Waals surface area contributed by atoms with Gasteiger partial charge in [0.25, 0.3) is 11.5 Å². The average Bonchev–Trinajstić information content (AvgIpc) is 3.00. The van der Waals surface area contributed by atoms with Crippen molar-refractivity contribution in [2.45, 2.75) is 25.1 Å². The van der Waals surface area contributed by atoms with E-state index in [1.807, 2.05) is 0 Å². The number of aliphatic carboxylic acids is 1. The van der Waals surface area contributed by atoms with E-state index in [2.05, 4.69) is 5.32 Å². The molecule has 238 valence electrons. The number of carbonyl (C=O) groups excluding carboxylic acids is 1. The molecule has 7 nitrogen and oxygen atoms in total. The Morgan fingerprint density at radius 1 is 0.935 bits per heavy atom. The van der Waals surface area contributed by atoms with Crippen LogP contribution in [-0.2, 0) is 35.6 Å². The second kappa shape index (κ2) is 12.7. The maximum Gasteiger partial charge on any atom is 0.417 e. The van der Waals surface area contributed by atoms with E-state index in [1.54, 1.807) is 6.07 Å². The molecule has 1 heterocycles. The molecule has 0 saturated heterocycles. The van der Waals surface area contributed by atoms with Crippen molar-refractivity contribution in [3.8, 4) is 11.1 Å². The van der Waals surface area contributed by atoms with Crippen LogP contribution in [0.1, 0.15) is 27.0 Å². The van der Waals surface area contributed by atoms with Gasteiger partial charge in [0.2, 0.25) is 0 Å². The third-order valence-electron chi connectivity index (χ3n) is 7.82. The smallest absolute Gasteiger partial charge is 0.417 e. The molecule has 0 radical (unpaired) electrons. The number of halogens is 5. The minimum Gasteiger partial charge on any atom is -0.480 e. The van der Waals surface area contributed by atoms with Gasteiger partial charge in [-0.05, 0) is 52.1 Å². The number of hydrogen-bond donors (Lipinski definition) is 2. The Labute approximate surface area is 258 Å². The van der Waals surface area contributed by atoms with Crippen molar-refractivity contribution in [3.63, 3.8) is 0 Å². The number of nitrogens with zero attached hydrogens (tertiary/aromatic N) is 1. The van der Waals surface area contributed by atoms with Crippen LogP contribution in [0.2, 0.25) is 0 Å². The molecule has 12 heteroatoms. The Kier molecular flexibility index (Phi) is 8.93. The Balaban J connectivity index is 1.57.